The van der Waals surface area contributed by atoms with Crippen LogP contribution in [0.2, 0.25) is 10.0 Å². The van der Waals surface area contributed by atoms with Crippen molar-refractivity contribution in [2.75, 3.05) is 5.73 Å². The van der Waals surface area contributed by atoms with Crippen molar-refractivity contribution < 1.29 is 0 Å². The van der Waals surface area contributed by atoms with Crippen molar-refractivity contribution in [2.45, 2.75) is 13.8 Å². The lowest BCUT2D eigenvalue weighted by Crippen LogP contribution is -1.95. The molecular formula is C14H13Cl2N3. The summed E-state index contributed by atoms with van der Waals surface area (Å²) in [5.41, 5.74) is 9.42. The number of azo groups is 1. The third-order valence-electron chi connectivity index (χ3n) is 2.98. The normalized spacial score (nSPS) is 11.2. The number of nitrogens with zero attached hydrogens (tertiary/aromatic N) is 2. The van der Waals surface area contributed by atoms with Gasteiger partial charge in [-0.25, -0.2) is 0 Å². The van der Waals surface area contributed by atoms with Crippen LogP contribution in [-0.2, 0) is 0 Å². The predicted octanol–water partition coefficient (Wildman–Crippen LogP) is 5.61. The number of rotatable bonds is 2. The maximum Gasteiger partial charge on any atom is 0.109 e. The van der Waals surface area contributed by atoms with Gasteiger partial charge in [0.1, 0.15) is 5.69 Å². The van der Waals surface area contributed by atoms with Gasteiger partial charge in [-0.2, -0.15) is 5.11 Å². The second-order valence-corrected chi connectivity index (χ2v) is 4.93. The van der Waals surface area contributed by atoms with Crippen molar-refractivity contribution in [3.63, 3.8) is 0 Å². The van der Waals surface area contributed by atoms with Crippen LogP contribution in [0.4, 0.5) is 17.1 Å². The second kappa shape index (κ2) is 5.59. The SMILES string of the molecule is Cc1c(C)c(N=Nc2ccccc2)c(Cl)c(Cl)c1N. The van der Waals surface area contributed by atoms with E-state index in [0.29, 0.717) is 21.4 Å². The fourth-order valence-electron chi connectivity index (χ4n) is 1.65. The van der Waals surface area contributed by atoms with Crippen LogP contribution in [0.15, 0.2) is 40.6 Å². The Hall–Kier alpha value is -1.58. The zero-order valence-electron chi connectivity index (χ0n) is 10.6. The molecule has 0 heterocycles. The Balaban J connectivity index is 2.50. The molecule has 0 spiro atoms. The number of hydrogen-bond donors (Lipinski definition) is 1. The molecule has 0 saturated carbocycles. The van der Waals surface area contributed by atoms with Crippen molar-refractivity contribution in [1.29, 1.82) is 0 Å². The third kappa shape index (κ3) is 2.72. The molecule has 0 radical (unpaired) electrons. The molecule has 2 aromatic carbocycles. The van der Waals surface area contributed by atoms with E-state index in [1.165, 1.54) is 0 Å². The molecule has 98 valence electrons. The summed E-state index contributed by atoms with van der Waals surface area (Å²) in [5.74, 6) is 0. The molecule has 0 atom stereocenters. The fraction of sp³-hybridized carbons (Fsp3) is 0.143. The van der Waals surface area contributed by atoms with Gasteiger partial charge in [-0.05, 0) is 37.1 Å². The molecular weight excluding hydrogens is 281 g/mol. The molecule has 3 nitrogen and oxygen atoms in total. The van der Waals surface area contributed by atoms with Crippen molar-refractivity contribution >= 4 is 40.3 Å². The largest absolute Gasteiger partial charge is 0.397 e. The number of nitrogens with two attached hydrogens (primary N) is 1. The average molecular weight is 294 g/mol. The number of anilines is 1. The van der Waals surface area contributed by atoms with E-state index in [9.17, 15) is 0 Å². The first-order chi connectivity index (χ1) is 9.02. The van der Waals surface area contributed by atoms with Crippen LogP contribution < -0.4 is 5.73 Å². The highest BCUT2D eigenvalue weighted by Gasteiger charge is 2.15. The molecule has 0 aliphatic rings. The minimum Gasteiger partial charge on any atom is -0.397 e. The molecule has 0 aliphatic carbocycles. The molecule has 0 aromatic heterocycles. The van der Waals surface area contributed by atoms with E-state index >= 15 is 0 Å². The highest BCUT2D eigenvalue weighted by molar-refractivity contribution is 6.45. The Morgan fingerprint density at radius 1 is 0.895 bits per heavy atom. The van der Waals surface area contributed by atoms with Gasteiger partial charge in [0, 0.05) is 0 Å². The summed E-state index contributed by atoms with van der Waals surface area (Å²) in [4.78, 5) is 0. The van der Waals surface area contributed by atoms with Gasteiger partial charge < -0.3 is 5.73 Å². The summed E-state index contributed by atoms with van der Waals surface area (Å²) in [6, 6.07) is 9.42. The van der Waals surface area contributed by atoms with Gasteiger partial charge in [0.15, 0.2) is 0 Å². The average Bonchev–Trinajstić information content (AvgIpc) is 2.44. The zero-order valence-corrected chi connectivity index (χ0v) is 12.1. The minimum atomic E-state index is 0.326. The van der Waals surface area contributed by atoms with E-state index in [0.717, 1.165) is 16.8 Å². The molecule has 2 rings (SSSR count). The van der Waals surface area contributed by atoms with Crippen molar-refractivity contribution in [1.82, 2.24) is 0 Å². The zero-order chi connectivity index (χ0) is 14.0. The molecule has 0 fully saturated rings. The molecule has 19 heavy (non-hydrogen) atoms. The van der Waals surface area contributed by atoms with Gasteiger partial charge in [0.25, 0.3) is 0 Å². The molecule has 0 bridgehead atoms. The number of hydrogen-bond acceptors (Lipinski definition) is 3. The number of halogens is 2. The van der Waals surface area contributed by atoms with Crippen molar-refractivity contribution in [3.05, 3.63) is 51.5 Å². The highest BCUT2D eigenvalue weighted by atomic mass is 35.5. The molecule has 2 aromatic rings. The van der Waals surface area contributed by atoms with Gasteiger partial charge in [-0.15, -0.1) is 5.11 Å². The predicted molar refractivity (Wildman–Crippen MR) is 81.0 cm³/mol. The molecule has 2 N–H and O–H groups in total. The third-order valence-corrected chi connectivity index (χ3v) is 3.84. The van der Waals surface area contributed by atoms with E-state index < -0.39 is 0 Å². The maximum atomic E-state index is 6.18. The van der Waals surface area contributed by atoms with Crippen molar-refractivity contribution in [2.24, 2.45) is 10.2 Å². The smallest absolute Gasteiger partial charge is 0.109 e. The first kappa shape index (κ1) is 13.8. The quantitative estimate of drug-likeness (QED) is 0.568. The van der Waals surface area contributed by atoms with E-state index in [1.807, 2.05) is 44.2 Å². The fourth-order valence-corrected chi connectivity index (χ4v) is 2.16. The topological polar surface area (TPSA) is 50.7 Å². The Labute approximate surface area is 122 Å². The van der Waals surface area contributed by atoms with Gasteiger partial charge >= 0.3 is 0 Å². The summed E-state index contributed by atoms with van der Waals surface area (Å²) in [5, 5.41) is 9.00. The Kier molecular flexibility index (Phi) is 4.08. The van der Waals surface area contributed by atoms with E-state index in [4.69, 9.17) is 28.9 Å². The molecule has 0 unspecified atom stereocenters. The summed E-state index contributed by atoms with van der Waals surface area (Å²) < 4.78 is 0. The molecule has 5 heteroatoms. The van der Waals surface area contributed by atoms with Crippen LogP contribution in [0.1, 0.15) is 11.1 Å². The van der Waals surface area contributed by atoms with E-state index in [-0.39, 0.29) is 0 Å². The van der Waals surface area contributed by atoms with Crippen LogP contribution in [0.3, 0.4) is 0 Å². The van der Waals surface area contributed by atoms with E-state index in [2.05, 4.69) is 10.2 Å². The van der Waals surface area contributed by atoms with Crippen LogP contribution in [-0.4, -0.2) is 0 Å². The van der Waals surface area contributed by atoms with Crippen LogP contribution in [0.5, 0.6) is 0 Å². The minimum absolute atomic E-state index is 0.326. The van der Waals surface area contributed by atoms with Crippen LogP contribution in [0.25, 0.3) is 0 Å². The Morgan fingerprint density at radius 2 is 1.53 bits per heavy atom. The molecule has 0 aliphatic heterocycles. The summed E-state index contributed by atoms with van der Waals surface area (Å²) in [6.45, 7) is 3.78. The summed E-state index contributed by atoms with van der Waals surface area (Å²) >= 11 is 12.3. The van der Waals surface area contributed by atoms with Gasteiger partial charge in [-0.3, -0.25) is 0 Å². The standard InChI is InChI=1S/C14H13Cl2N3/c1-8-9(2)14(12(16)11(15)13(8)17)19-18-10-6-4-3-5-7-10/h3-7H,17H2,1-2H3. The molecule has 0 saturated heterocycles. The number of nitrogen functional groups attached to an aromatic ring is 1. The lowest BCUT2D eigenvalue weighted by Gasteiger charge is -2.11. The van der Waals surface area contributed by atoms with Gasteiger partial charge in [0.2, 0.25) is 0 Å². The van der Waals surface area contributed by atoms with Crippen LogP contribution in [0, 0.1) is 13.8 Å². The lowest BCUT2D eigenvalue weighted by molar-refractivity contribution is 1.19. The second-order valence-electron chi connectivity index (χ2n) is 4.18. The van der Waals surface area contributed by atoms with Gasteiger partial charge in [-0.1, -0.05) is 41.4 Å². The van der Waals surface area contributed by atoms with Crippen molar-refractivity contribution in [3.8, 4) is 0 Å². The Morgan fingerprint density at radius 3 is 2.16 bits per heavy atom. The first-order valence-corrected chi connectivity index (χ1v) is 6.48. The summed E-state index contributed by atoms with van der Waals surface area (Å²) in [7, 11) is 0. The lowest BCUT2D eigenvalue weighted by atomic mass is 10.1. The summed E-state index contributed by atoms with van der Waals surface area (Å²) in [6.07, 6.45) is 0. The Bertz CT molecular complexity index is 608. The number of benzene rings is 2. The molecule has 0 amide bonds. The van der Waals surface area contributed by atoms with E-state index in [1.54, 1.807) is 0 Å². The van der Waals surface area contributed by atoms with Crippen LogP contribution >= 0.6 is 23.2 Å². The highest BCUT2D eigenvalue weighted by Crippen LogP contribution is 2.42. The maximum absolute atomic E-state index is 6.18. The monoisotopic (exact) mass is 293 g/mol. The van der Waals surface area contributed by atoms with Gasteiger partial charge in [0.05, 0.1) is 21.4 Å². The first-order valence-electron chi connectivity index (χ1n) is 5.72.